The number of carbonyl (C=O) groups is 4. The average Bonchev–Trinajstić information content (AvgIpc) is 3.91. The van der Waals surface area contributed by atoms with E-state index in [-0.39, 0.29) is 24.3 Å². The van der Waals surface area contributed by atoms with Crippen molar-refractivity contribution in [2.24, 2.45) is 5.92 Å². The molecule has 4 aromatic rings. The number of aldehydes is 1. The van der Waals surface area contributed by atoms with Gasteiger partial charge in [0.05, 0.1) is 16.9 Å². The number of benzene rings is 2. The number of likely N-dealkylation sites (tertiary alicyclic amines) is 1. The number of hydrogen-bond acceptors (Lipinski definition) is 7. The number of rotatable bonds is 16. The van der Waals surface area contributed by atoms with Gasteiger partial charge >= 0.3 is 0 Å². The van der Waals surface area contributed by atoms with E-state index < -0.39 is 23.7 Å². The van der Waals surface area contributed by atoms with Gasteiger partial charge in [0.25, 0.3) is 11.8 Å². The lowest BCUT2D eigenvalue weighted by Gasteiger charge is -2.34. The molecule has 0 radical (unpaired) electrons. The number of amides is 3. The van der Waals surface area contributed by atoms with Crippen LogP contribution in [0.4, 0.5) is 10.1 Å². The van der Waals surface area contributed by atoms with Crippen LogP contribution in [0.25, 0.3) is 23.1 Å². The van der Waals surface area contributed by atoms with Crippen molar-refractivity contribution < 1.29 is 23.6 Å². The highest BCUT2D eigenvalue weighted by molar-refractivity contribution is 5.99. The second kappa shape index (κ2) is 18.6. The van der Waals surface area contributed by atoms with Gasteiger partial charge in [0.2, 0.25) is 5.91 Å². The third kappa shape index (κ3) is 9.70. The van der Waals surface area contributed by atoms with Crippen LogP contribution in [0, 0.1) is 18.7 Å². The maximum absolute atomic E-state index is 15.3. The summed E-state index contributed by atoms with van der Waals surface area (Å²) in [6.07, 6.45) is 10.8. The molecule has 2 fully saturated rings. The largest absolute Gasteiger partial charge is 0.369 e. The number of nitrogens with zero attached hydrogens (tertiary/aromatic N) is 4. The third-order valence-electron chi connectivity index (χ3n) is 11.5. The van der Waals surface area contributed by atoms with Crippen molar-refractivity contribution in [1.82, 2.24) is 35.6 Å². The van der Waals surface area contributed by atoms with Gasteiger partial charge in [-0.25, -0.2) is 4.39 Å². The summed E-state index contributed by atoms with van der Waals surface area (Å²) >= 11 is 0. The molecule has 0 bridgehead atoms. The molecule has 2 aliphatic rings. The number of aryl methyl sites for hydroxylation is 2. The maximum atomic E-state index is 15.3. The van der Waals surface area contributed by atoms with Gasteiger partial charge in [-0.05, 0) is 126 Å². The van der Waals surface area contributed by atoms with Gasteiger partial charge in [-0.2, -0.15) is 5.10 Å². The van der Waals surface area contributed by atoms with Crippen LogP contribution >= 0.6 is 0 Å². The number of aromatic nitrogens is 3. The minimum atomic E-state index is -0.883. The first-order valence-electron chi connectivity index (χ1n) is 20.0. The smallest absolute Gasteiger partial charge is 0.255 e. The van der Waals surface area contributed by atoms with Crippen molar-refractivity contribution in [3.05, 3.63) is 94.3 Å². The number of anilines is 1. The fourth-order valence-electron chi connectivity index (χ4n) is 8.25. The quantitative estimate of drug-likeness (QED) is 0.0948. The summed E-state index contributed by atoms with van der Waals surface area (Å²) in [6.45, 7) is 11.1. The van der Waals surface area contributed by atoms with E-state index in [1.807, 2.05) is 53.8 Å². The number of fused-ring (bicyclic) bond motifs is 1. The van der Waals surface area contributed by atoms with Crippen LogP contribution in [0.2, 0.25) is 0 Å². The third-order valence-corrected chi connectivity index (χ3v) is 11.5. The Hall–Kier alpha value is -5.56. The summed E-state index contributed by atoms with van der Waals surface area (Å²) in [4.78, 5) is 57.1. The van der Waals surface area contributed by atoms with Crippen LogP contribution in [-0.4, -0.2) is 83.4 Å². The van der Waals surface area contributed by atoms with Gasteiger partial charge in [0, 0.05) is 72.7 Å². The minimum absolute atomic E-state index is 0.114. The zero-order chi connectivity index (χ0) is 40.6. The number of hydrogen-bond donors (Lipinski definition) is 4. The number of nitrogens with one attached hydrogen (secondary N) is 4. The van der Waals surface area contributed by atoms with Gasteiger partial charge in [-0.3, -0.25) is 24.0 Å². The van der Waals surface area contributed by atoms with E-state index in [2.05, 4.69) is 45.5 Å². The topological polar surface area (TPSA) is 144 Å². The maximum Gasteiger partial charge on any atom is 0.255 e. The normalized spacial score (nSPS) is 17.1. The first-order valence-corrected chi connectivity index (χ1v) is 20.0. The van der Waals surface area contributed by atoms with E-state index in [1.165, 1.54) is 25.2 Å². The van der Waals surface area contributed by atoms with Crippen LogP contribution in [0.3, 0.4) is 0 Å². The number of piperidine rings is 1. The predicted octanol–water partition coefficient (Wildman–Crippen LogP) is 6.53. The highest BCUT2D eigenvalue weighted by Crippen LogP contribution is 2.32. The summed E-state index contributed by atoms with van der Waals surface area (Å²) in [5.41, 5.74) is 6.82. The lowest BCUT2D eigenvalue weighted by Crippen LogP contribution is -2.45. The Morgan fingerprint density at radius 3 is 2.49 bits per heavy atom. The van der Waals surface area contributed by atoms with Crippen LogP contribution in [-0.2, 0) is 16.1 Å². The molecule has 2 aromatic carbocycles. The van der Waals surface area contributed by atoms with E-state index in [0.717, 1.165) is 78.7 Å². The Bertz CT molecular complexity index is 2150. The van der Waals surface area contributed by atoms with Crippen molar-refractivity contribution in [2.45, 2.75) is 83.8 Å². The first-order chi connectivity index (χ1) is 27.5. The van der Waals surface area contributed by atoms with E-state index in [4.69, 9.17) is 5.10 Å². The predicted molar refractivity (Wildman–Crippen MR) is 222 cm³/mol. The lowest BCUT2D eigenvalue weighted by atomic mass is 9.92. The molecule has 302 valence electrons. The SMILES string of the molecule is C=Cc1cc(C2CCCN2C)[nH]c1/C=C(\C)NC(=O)c1ccc2c(C)nn(CCCC3CCN(c4ccc(C(=O)NC(CCC=O)C(=O)NC)cc4F)CC3)c2c1. The fourth-order valence-corrected chi connectivity index (χ4v) is 8.25. The van der Waals surface area contributed by atoms with Crippen molar-refractivity contribution in [3.8, 4) is 0 Å². The molecule has 2 aromatic heterocycles. The van der Waals surface area contributed by atoms with Gasteiger partial charge in [-0.1, -0.05) is 18.7 Å². The Kier molecular flexibility index (Phi) is 13.4. The number of aromatic amines is 1. The standard InChI is InChI=1S/C44H55FN8O4/c1-6-31-26-38(40-12-8-19-51(40)5)48-37(31)24-28(2)47-42(55)33-13-15-34-29(3)50-53(41(34)27-33)20-7-10-30-17-21-52(22-18-30)39-16-14-32(25-35(39)45)43(56)49-36(11-9-23-54)44(57)46-4/h6,13-16,23-27,30,36,40,48H,1,7-12,17-22H2,2-5H3,(H,46,57)(H,47,55)(H,49,56)/b28-24+. The monoisotopic (exact) mass is 778 g/mol. The summed E-state index contributed by atoms with van der Waals surface area (Å²) in [5.74, 6) is -1.17. The number of halogens is 1. The summed E-state index contributed by atoms with van der Waals surface area (Å²) in [7, 11) is 3.60. The number of carbonyl (C=O) groups excluding carboxylic acids is 4. The molecule has 4 heterocycles. The number of H-pyrrole nitrogens is 1. The zero-order valence-corrected chi connectivity index (χ0v) is 33.5. The Morgan fingerprint density at radius 1 is 1.05 bits per heavy atom. The molecular formula is C44H55FN8O4. The zero-order valence-electron chi connectivity index (χ0n) is 33.5. The van der Waals surface area contributed by atoms with Crippen LogP contribution in [0.1, 0.15) is 108 Å². The molecular weight excluding hydrogens is 724 g/mol. The first kappa shape index (κ1) is 41.1. The molecule has 2 unspecified atom stereocenters. The fraction of sp³-hybridized carbons (Fsp3) is 0.432. The van der Waals surface area contributed by atoms with Crippen molar-refractivity contribution in [3.63, 3.8) is 0 Å². The molecule has 2 saturated heterocycles. The van der Waals surface area contributed by atoms with Gasteiger partial charge < -0.3 is 30.6 Å². The van der Waals surface area contributed by atoms with Gasteiger partial charge in [0.15, 0.2) is 0 Å². The van der Waals surface area contributed by atoms with Crippen molar-refractivity contribution >= 4 is 52.8 Å². The van der Waals surface area contributed by atoms with Crippen LogP contribution < -0.4 is 20.9 Å². The molecule has 6 rings (SSSR count). The van der Waals surface area contributed by atoms with Crippen LogP contribution in [0.15, 0.2) is 54.7 Å². The minimum Gasteiger partial charge on any atom is -0.369 e. The number of likely N-dealkylation sites (N-methyl/N-ethyl adjacent to an activating group) is 1. The Labute approximate surface area is 333 Å². The second-order valence-electron chi connectivity index (χ2n) is 15.4. The van der Waals surface area contributed by atoms with Crippen molar-refractivity contribution in [2.75, 3.05) is 38.6 Å². The molecule has 4 N–H and O–H groups in total. The molecule has 3 amide bonds. The molecule has 0 spiro atoms. The molecule has 13 heteroatoms. The molecule has 2 aliphatic heterocycles. The van der Waals surface area contributed by atoms with Gasteiger partial charge in [-0.15, -0.1) is 0 Å². The second-order valence-corrected chi connectivity index (χ2v) is 15.4. The average molecular weight is 779 g/mol. The van der Waals surface area contributed by atoms with Crippen LogP contribution in [0.5, 0.6) is 0 Å². The highest BCUT2D eigenvalue weighted by atomic mass is 19.1. The summed E-state index contributed by atoms with van der Waals surface area (Å²) < 4.78 is 17.3. The molecule has 2 atom stereocenters. The molecule has 0 saturated carbocycles. The van der Waals surface area contributed by atoms with E-state index in [1.54, 1.807) is 12.1 Å². The number of allylic oxidation sites excluding steroid dienone is 1. The highest BCUT2D eigenvalue weighted by Gasteiger charge is 2.26. The van der Waals surface area contributed by atoms with E-state index >= 15 is 4.39 Å². The Balaban J connectivity index is 1.01. The Morgan fingerprint density at radius 2 is 1.81 bits per heavy atom. The molecule has 57 heavy (non-hydrogen) atoms. The van der Waals surface area contributed by atoms with Crippen molar-refractivity contribution in [1.29, 1.82) is 0 Å². The van der Waals surface area contributed by atoms with Gasteiger partial charge in [0.1, 0.15) is 18.1 Å². The summed E-state index contributed by atoms with van der Waals surface area (Å²) in [6, 6.07) is 11.8. The summed E-state index contributed by atoms with van der Waals surface area (Å²) in [5, 5.41) is 14.0. The lowest BCUT2D eigenvalue weighted by molar-refractivity contribution is -0.122. The van der Waals surface area contributed by atoms with E-state index in [9.17, 15) is 19.2 Å². The molecule has 12 nitrogen and oxygen atoms in total. The van der Waals surface area contributed by atoms with E-state index in [0.29, 0.717) is 42.6 Å². The molecule has 0 aliphatic carbocycles.